The van der Waals surface area contributed by atoms with Crippen LogP contribution in [0.15, 0.2) is 24.3 Å². The molecule has 0 aliphatic heterocycles. The molecule has 1 atom stereocenters. The van der Waals surface area contributed by atoms with Crippen LogP contribution < -0.4 is 5.32 Å². The number of carbonyl (C=O) groups is 2. The van der Waals surface area contributed by atoms with E-state index in [1.165, 1.54) is 4.90 Å². The van der Waals surface area contributed by atoms with Gasteiger partial charge in [-0.05, 0) is 31.2 Å². The standard InChI is InChI=1S/C12H15ClN2O2/c1-8(13)11(16)14-10-6-4-9(5-7-10)12(17)15(2)3/h4-8H,1-3H3,(H,14,16). The Kier molecular flexibility index (Phi) is 4.52. The maximum Gasteiger partial charge on any atom is 0.253 e. The topological polar surface area (TPSA) is 49.4 Å². The Labute approximate surface area is 106 Å². The molecule has 0 saturated heterocycles. The second kappa shape index (κ2) is 5.68. The normalized spacial score (nSPS) is 11.8. The molecule has 0 spiro atoms. The van der Waals surface area contributed by atoms with Crippen LogP contribution in [0.5, 0.6) is 0 Å². The van der Waals surface area contributed by atoms with Gasteiger partial charge in [0, 0.05) is 25.3 Å². The zero-order valence-corrected chi connectivity index (χ0v) is 10.8. The van der Waals surface area contributed by atoms with Crippen molar-refractivity contribution in [2.75, 3.05) is 19.4 Å². The second-order valence-corrected chi connectivity index (χ2v) is 4.54. The Morgan fingerprint density at radius 1 is 1.24 bits per heavy atom. The highest BCUT2D eigenvalue weighted by molar-refractivity contribution is 6.32. The van der Waals surface area contributed by atoms with Crippen molar-refractivity contribution >= 4 is 29.1 Å². The molecule has 1 N–H and O–H groups in total. The summed E-state index contributed by atoms with van der Waals surface area (Å²) in [4.78, 5) is 24.4. The summed E-state index contributed by atoms with van der Waals surface area (Å²) >= 11 is 5.63. The first-order valence-electron chi connectivity index (χ1n) is 5.18. The maximum atomic E-state index is 11.6. The number of nitrogens with zero attached hydrogens (tertiary/aromatic N) is 1. The van der Waals surface area contributed by atoms with E-state index < -0.39 is 5.38 Å². The molecular weight excluding hydrogens is 240 g/mol. The Balaban J connectivity index is 2.75. The number of halogens is 1. The smallest absolute Gasteiger partial charge is 0.253 e. The van der Waals surface area contributed by atoms with E-state index in [9.17, 15) is 9.59 Å². The Morgan fingerprint density at radius 2 is 1.76 bits per heavy atom. The highest BCUT2D eigenvalue weighted by atomic mass is 35.5. The van der Waals surface area contributed by atoms with Crippen molar-refractivity contribution in [1.82, 2.24) is 4.90 Å². The second-order valence-electron chi connectivity index (χ2n) is 3.88. The van der Waals surface area contributed by atoms with Crippen LogP contribution in [0.2, 0.25) is 0 Å². The molecule has 0 bridgehead atoms. The minimum absolute atomic E-state index is 0.0754. The van der Waals surface area contributed by atoms with Crippen LogP contribution in [0.3, 0.4) is 0 Å². The molecule has 17 heavy (non-hydrogen) atoms. The third-order valence-corrected chi connectivity index (χ3v) is 2.37. The number of benzene rings is 1. The zero-order chi connectivity index (χ0) is 13.0. The Bertz CT molecular complexity index is 413. The highest BCUT2D eigenvalue weighted by Gasteiger charge is 2.10. The van der Waals surface area contributed by atoms with Gasteiger partial charge in [0.1, 0.15) is 5.38 Å². The number of hydrogen-bond donors (Lipinski definition) is 1. The van der Waals surface area contributed by atoms with Crippen LogP contribution in [0.4, 0.5) is 5.69 Å². The molecule has 1 aromatic carbocycles. The van der Waals surface area contributed by atoms with E-state index in [4.69, 9.17) is 11.6 Å². The molecule has 0 radical (unpaired) electrons. The van der Waals surface area contributed by atoms with Crippen LogP contribution >= 0.6 is 11.6 Å². The summed E-state index contributed by atoms with van der Waals surface area (Å²) in [6, 6.07) is 6.68. The van der Waals surface area contributed by atoms with Gasteiger partial charge in [0.05, 0.1) is 0 Å². The van der Waals surface area contributed by atoms with E-state index in [1.807, 2.05) is 0 Å². The fourth-order valence-corrected chi connectivity index (χ4v) is 1.25. The SMILES string of the molecule is CC(Cl)C(=O)Nc1ccc(C(=O)N(C)C)cc1. The molecular formula is C12H15ClN2O2. The van der Waals surface area contributed by atoms with Crippen LogP contribution in [0.1, 0.15) is 17.3 Å². The average Bonchev–Trinajstić information content (AvgIpc) is 2.28. The van der Waals surface area contributed by atoms with Gasteiger partial charge in [0.25, 0.3) is 5.91 Å². The lowest BCUT2D eigenvalue weighted by atomic mass is 10.2. The number of rotatable bonds is 3. The van der Waals surface area contributed by atoms with E-state index >= 15 is 0 Å². The summed E-state index contributed by atoms with van der Waals surface area (Å²) in [5.74, 6) is -0.341. The van der Waals surface area contributed by atoms with E-state index in [0.717, 1.165) is 0 Å². The highest BCUT2D eigenvalue weighted by Crippen LogP contribution is 2.11. The number of carbonyl (C=O) groups excluding carboxylic acids is 2. The fraction of sp³-hybridized carbons (Fsp3) is 0.333. The first kappa shape index (κ1) is 13.5. The predicted molar refractivity (Wildman–Crippen MR) is 68.4 cm³/mol. The minimum Gasteiger partial charge on any atom is -0.345 e. The predicted octanol–water partition coefficient (Wildman–Crippen LogP) is 1.95. The van der Waals surface area contributed by atoms with Crippen molar-refractivity contribution in [1.29, 1.82) is 0 Å². The molecule has 0 aliphatic rings. The van der Waals surface area contributed by atoms with Gasteiger partial charge in [-0.1, -0.05) is 0 Å². The molecule has 5 heteroatoms. The molecule has 92 valence electrons. The molecule has 1 unspecified atom stereocenters. The van der Waals surface area contributed by atoms with Gasteiger partial charge in [-0.15, -0.1) is 11.6 Å². The van der Waals surface area contributed by atoms with Crippen molar-refractivity contribution < 1.29 is 9.59 Å². The van der Waals surface area contributed by atoms with E-state index in [-0.39, 0.29) is 11.8 Å². The third-order valence-electron chi connectivity index (χ3n) is 2.17. The van der Waals surface area contributed by atoms with Gasteiger partial charge in [-0.25, -0.2) is 0 Å². The van der Waals surface area contributed by atoms with E-state index in [0.29, 0.717) is 11.3 Å². The fourth-order valence-electron chi connectivity index (χ4n) is 1.20. The van der Waals surface area contributed by atoms with Crippen LogP contribution in [-0.2, 0) is 4.79 Å². The van der Waals surface area contributed by atoms with Crippen molar-refractivity contribution in [2.24, 2.45) is 0 Å². The molecule has 0 saturated carbocycles. The lowest BCUT2D eigenvalue weighted by Crippen LogP contribution is -2.22. The average molecular weight is 255 g/mol. The summed E-state index contributed by atoms with van der Waals surface area (Å²) in [7, 11) is 3.38. The summed E-state index contributed by atoms with van der Waals surface area (Å²) in [6.45, 7) is 1.60. The van der Waals surface area contributed by atoms with Crippen molar-refractivity contribution in [3.8, 4) is 0 Å². The van der Waals surface area contributed by atoms with E-state index in [1.54, 1.807) is 45.3 Å². The molecule has 0 aromatic heterocycles. The van der Waals surface area contributed by atoms with Crippen molar-refractivity contribution in [3.63, 3.8) is 0 Å². The Morgan fingerprint density at radius 3 is 2.18 bits per heavy atom. The number of anilines is 1. The van der Waals surface area contributed by atoms with Crippen molar-refractivity contribution in [2.45, 2.75) is 12.3 Å². The van der Waals surface area contributed by atoms with Crippen LogP contribution in [0.25, 0.3) is 0 Å². The lowest BCUT2D eigenvalue weighted by Gasteiger charge is -2.11. The van der Waals surface area contributed by atoms with Gasteiger partial charge >= 0.3 is 0 Å². The number of amides is 2. The summed E-state index contributed by atoms with van der Waals surface area (Å²) in [5.41, 5.74) is 1.20. The molecule has 2 amide bonds. The van der Waals surface area contributed by atoms with Gasteiger partial charge in [0.15, 0.2) is 0 Å². The molecule has 0 aliphatic carbocycles. The first-order valence-corrected chi connectivity index (χ1v) is 5.62. The largest absolute Gasteiger partial charge is 0.345 e. The maximum absolute atomic E-state index is 11.6. The van der Waals surface area contributed by atoms with Gasteiger partial charge in [-0.3, -0.25) is 9.59 Å². The van der Waals surface area contributed by atoms with E-state index in [2.05, 4.69) is 5.32 Å². The molecule has 1 rings (SSSR count). The monoisotopic (exact) mass is 254 g/mol. The first-order chi connectivity index (χ1) is 7.91. The number of hydrogen-bond acceptors (Lipinski definition) is 2. The molecule has 4 nitrogen and oxygen atoms in total. The summed E-state index contributed by atoms with van der Waals surface area (Å²) in [5, 5.41) is 2.06. The summed E-state index contributed by atoms with van der Waals surface area (Å²) in [6.07, 6.45) is 0. The van der Waals surface area contributed by atoms with Gasteiger partial charge in [-0.2, -0.15) is 0 Å². The number of nitrogens with one attached hydrogen (secondary N) is 1. The lowest BCUT2D eigenvalue weighted by molar-refractivity contribution is -0.115. The minimum atomic E-state index is -0.585. The van der Waals surface area contributed by atoms with Gasteiger partial charge in [0.2, 0.25) is 5.91 Å². The van der Waals surface area contributed by atoms with Gasteiger partial charge < -0.3 is 10.2 Å². The summed E-state index contributed by atoms with van der Waals surface area (Å²) < 4.78 is 0. The quantitative estimate of drug-likeness (QED) is 0.839. The third kappa shape index (κ3) is 3.75. The Hall–Kier alpha value is -1.55. The van der Waals surface area contributed by atoms with Crippen molar-refractivity contribution in [3.05, 3.63) is 29.8 Å². The molecule has 0 heterocycles. The van der Waals surface area contributed by atoms with Crippen LogP contribution in [0, 0.1) is 0 Å². The molecule has 1 aromatic rings. The molecule has 0 fully saturated rings. The number of alkyl halides is 1. The zero-order valence-electron chi connectivity index (χ0n) is 10.0. The van der Waals surface area contributed by atoms with Crippen LogP contribution in [-0.4, -0.2) is 36.2 Å².